The van der Waals surface area contributed by atoms with Gasteiger partial charge in [0.1, 0.15) is 0 Å². The van der Waals surface area contributed by atoms with Gasteiger partial charge in [-0.1, -0.05) is 0 Å². The first kappa shape index (κ1) is 14.8. The Morgan fingerprint density at radius 3 is 2.68 bits per heavy atom. The van der Waals surface area contributed by atoms with Crippen molar-refractivity contribution in [1.29, 1.82) is 0 Å². The molecule has 2 fully saturated rings. The van der Waals surface area contributed by atoms with Gasteiger partial charge in [-0.25, -0.2) is 8.42 Å². The Hall–Kier alpha value is -0.620. The van der Waals surface area contributed by atoms with E-state index in [0.29, 0.717) is 19.4 Å². The van der Waals surface area contributed by atoms with Crippen molar-refractivity contribution in [2.24, 2.45) is 11.7 Å². The van der Waals surface area contributed by atoms with E-state index in [0.717, 1.165) is 32.2 Å². The van der Waals surface area contributed by atoms with Crippen molar-refractivity contribution < 1.29 is 13.2 Å². The van der Waals surface area contributed by atoms with Gasteiger partial charge in [-0.15, -0.1) is 0 Å². The molecule has 6 heteroatoms. The van der Waals surface area contributed by atoms with Crippen LogP contribution in [0, 0.1) is 5.92 Å². The molecule has 0 radical (unpaired) electrons. The summed E-state index contributed by atoms with van der Waals surface area (Å²) in [5.74, 6) is 0.587. The number of amides is 1. The van der Waals surface area contributed by atoms with Gasteiger partial charge < -0.3 is 10.6 Å². The zero-order valence-corrected chi connectivity index (χ0v) is 12.2. The largest absolute Gasteiger partial charge is 0.340 e. The highest BCUT2D eigenvalue weighted by atomic mass is 32.2. The second-order valence-corrected chi connectivity index (χ2v) is 8.02. The number of carbonyl (C=O) groups excluding carboxylic acids is 1. The average molecular weight is 288 g/mol. The van der Waals surface area contributed by atoms with E-state index in [4.69, 9.17) is 5.73 Å². The van der Waals surface area contributed by atoms with Gasteiger partial charge in [0, 0.05) is 19.0 Å². The van der Waals surface area contributed by atoms with E-state index < -0.39 is 9.84 Å². The van der Waals surface area contributed by atoms with E-state index in [9.17, 15) is 13.2 Å². The molecule has 19 heavy (non-hydrogen) atoms. The molecule has 5 nitrogen and oxygen atoms in total. The standard InChI is InChI=1S/C13H24N2O3S/c14-6-4-12-3-1-2-7-15(12)13(16)9-11-5-8-19(17,18)10-11/h11-12H,1-10,14H2. The van der Waals surface area contributed by atoms with Gasteiger partial charge in [-0.05, 0) is 44.6 Å². The van der Waals surface area contributed by atoms with E-state index in [1.54, 1.807) is 0 Å². The van der Waals surface area contributed by atoms with Crippen LogP contribution in [-0.2, 0) is 14.6 Å². The number of likely N-dealkylation sites (tertiary alicyclic amines) is 1. The number of nitrogens with zero attached hydrogens (tertiary/aromatic N) is 1. The van der Waals surface area contributed by atoms with Crippen LogP contribution in [-0.4, -0.2) is 49.9 Å². The minimum Gasteiger partial charge on any atom is -0.340 e. The fourth-order valence-electron chi connectivity index (χ4n) is 3.22. The summed E-state index contributed by atoms with van der Waals surface area (Å²) in [6, 6.07) is 0.268. The van der Waals surface area contributed by atoms with Crippen molar-refractivity contribution in [3.05, 3.63) is 0 Å². The lowest BCUT2D eigenvalue weighted by Gasteiger charge is -2.36. The predicted molar refractivity (Wildman–Crippen MR) is 74.4 cm³/mol. The molecule has 0 spiro atoms. The molecular weight excluding hydrogens is 264 g/mol. The van der Waals surface area contributed by atoms with Gasteiger partial charge in [-0.3, -0.25) is 4.79 Å². The molecule has 2 heterocycles. The minimum absolute atomic E-state index is 0.0259. The molecule has 2 saturated heterocycles. The van der Waals surface area contributed by atoms with Gasteiger partial charge in [0.2, 0.25) is 5.91 Å². The highest BCUT2D eigenvalue weighted by Gasteiger charge is 2.32. The number of nitrogens with two attached hydrogens (primary N) is 1. The molecule has 0 saturated carbocycles. The molecule has 2 aliphatic rings. The zero-order chi connectivity index (χ0) is 13.9. The van der Waals surface area contributed by atoms with Crippen molar-refractivity contribution >= 4 is 15.7 Å². The van der Waals surface area contributed by atoms with Gasteiger partial charge in [-0.2, -0.15) is 0 Å². The fourth-order valence-corrected chi connectivity index (χ4v) is 5.08. The van der Waals surface area contributed by atoms with Gasteiger partial charge in [0.15, 0.2) is 9.84 Å². The molecule has 1 amide bonds. The monoisotopic (exact) mass is 288 g/mol. The van der Waals surface area contributed by atoms with E-state index in [2.05, 4.69) is 0 Å². The van der Waals surface area contributed by atoms with Crippen LogP contribution in [0.3, 0.4) is 0 Å². The first-order chi connectivity index (χ1) is 9.02. The molecule has 0 aromatic heterocycles. The Balaban J connectivity index is 1.91. The Labute approximate surface area is 115 Å². The normalized spacial score (nSPS) is 30.5. The summed E-state index contributed by atoms with van der Waals surface area (Å²) >= 11 is 0. The van der Waals surface area contributed by atoms with Gasteiger partial charge in [0.05, 0.1) is 11.5 Å². The highest BCUT2D eigenvalue weighted by Crippen LogP contribution is 2.25. The van der Waals surface area contributed by atoms with Crippen LogP contribution in [0.4, 0.5) is 0 Å². The van der Waals surface area contributed by atoms with Crippen molar-refractivity contribution in [3.8, 4) is 0 Å². The summed E-state index contributed by atoms with van der Waals surface area (Å²) in [5.41, 5.74) is 5.60. The molecule has 2 N–H and O–H groups in total. The van der Waals surface area contributed by atoms with Gasteiger partial charge >= 0.3 is 0 Å². The van der Waals surface area contributed by atoms with Gasteiger partial charge in [0.25, 0.3) is 0 Å². The summed E-state index contributed by atoms with van der Waals surface area (Å²) in [5, 5.41) is 0. The number of sulfone groups is 1. The molecule has 110 valence electrons. The molecule has 0 aromatic carbocycles. The molecular formula is C13H24N2O3S. The number of piperidine rings is 1. The Kier molecular flexibility index (Phi) is 4.84. The lowest BCUT2D eigenvalue weighted by molar-refractivity contribution is -0.135. The van der Waals surface area contributed by atoms with E-state index in [1.165, 1.54) is 0 Å². The number of hydrogen-bond donors (Lipinski definition) is 1. The van der Waals surface area contributed by atoms with Crippen molar-refractivity contribution in [1.82, 2.24) is 4.90 Å². The average Bonchev–Trinajstić information content (AvgIpc) is 2.69. The molecule has 2 unspecified atom stereocenters. The van der Waals surface area contributed by atoms with Crippen LogP contribution < -0.4 is 5.73 Å². The zero-order valence-electron chi connectivity index (χ0n) is 11.4. The quantitative estimate of drug-likeness (QED) is 0.819. The van der Waals surface area contributed by atoms with Crippen molar-refractivity contribution in [3.63, 3.8) is 0 Å². The molecule has 0 bridgehead atoms. The van der Waals surface area contributed by atoms with Crippen LogP contribution >= 0.6 is 0 Å². The minimum atomic E-state index is -2.89. The molecule has 2 rings (SSSR count). The third-order valence-electron chi connectivity index (χ3n) is 4.24. The first-order valence-corrected chi connectivity index (χ1v) is 9.04. The fraction of sp³-hybridized carbons (Fsp3) is 0.923. The maximum atomic E-state index is 12.3. The Morgan fingerprint density at radius 2 is 2.05 bits per heavy atom. The van der Waals surface area contributed by atoms with E-state index >= 15 is 0 Å². The van der Waals surface area contributed by atoms with E-state index in [1.807, 2.05) is 4.90 Å². The van der Waals surface area contributed by atoms with Crippen LogP contribution in [0.5, 0.6) is 0 Å². The summed E-state index contributed by atoms with van der Waals surface area (Å²) in [7, 11) is -2.89. The van der Waals surface area contributed by atoms with Crippen molar-refractivity contribution in [2.75, 3.05) is 24.6 Å². The first-order valence-electron chi connectivity index (χ1n) is 7.22. The number of hydrogen-bond acceptors (Lipinski definition) is 4. The molecule has 2 aliphatic heterocycles. The maximum Gasteiger partial charge on any atom is 0.223 e. The number of carbonyl (C=O) groups is 1. The third kappa shape index (κ3) is 3.92. The molecule has 0 aromatic rings. The molecule has 0 aliphatic carbocycles. The summed E-state index contributed by atoms with van der Waals surface area (Å²) in [4.78, 5) is 14.3. The van der Waals surface area contributed by atoms with E-state index in [-0.39, 0.29) is 29.4 Å². The highest BCUT2D eigenvalue weighted by molar-refractivity contribution is 7.91. The van der Waals surface area contributed by atoms with Crippen LogP contribution in [0.2, 0.25) is 0 Å². The topological polar surface area (TPSA) is 80.5 Å². The lowest BCUT2D eigenvalue weighted by Crippen LogP contribution is -2.45. The van der Waals surface area contributed by atoms with Crippen LogP contribution in [0.25, 0.3) is 0 Å². The maximum absolute atomic E-state index is 12.3. The summed E-state index contributed by atoms with van der Waals surface area (Å²) in [6.45, 7) is 1.41. The second kappa shape index (κ2) is 6.22. The Bertz CT molecular complexity index is 420. The number of rotatable bonds is 4. The van der Waals surface area contributed by atoms with Crippen molar-refractivity contribution in [2.45, 2.75) is 44.6 Å². The SMILES string of the molecule is NCCC1CCCCN1C(=O)CC1CCS(=O)(=O)C1. The molecule has 2 atom stereocenters. The van der Waals surface area contributed by atoms with Crippen LogP contribution in [0.1, 0.15) is 38.5 Å². The second-order valence-electron chi connectivity index (χ2n) is 5.79. The summed E-state index contributed by atoms with van der Waals surface area (Å²) < 4.78 is 22.8. The smallest absolute Gasteiger partial charge is 0.223 e. The Morgan fingerprint density at radius 1 is 1.26 bits per heavy atom. The summed E-state index contributed by atoms with van der Waals surface area (Å²) in [6.07, 6.45) is 5.13. The third-order valence-corrected chi connectivity index (χ3v) is 6.07. The predicted octanol–water partition coefficient (Wildman–Crippen LogP) is 0.541. The van der Waals surface area contributed by atoms with Crippen LogP contribution in [0.15, 0.2) is 0 Å². The lowest BCUT2D eigenvalue weighted by atomic mass is 9.97.